The van der Waals surface area contributed by atoms with Gasteiger partial charge in [-0.3, -0.25) is 4.68 Å². The molecule has 7 rings (SSSR count). The molecule has 0 N–H and O–H groups in total. The number of ether oxygens (including phenoxy) is 2. The van der Waals surface area contributed by atoms with E-state index in [1.807, 2.05) is 53.2 Å². The van der Waals surface area contributed by atoms with Gasteiger partial charge in [-0.25, -0.2) is 4.98 Å². The van der Waals surface area contributed by atoms with E-state index in [1.54, 1.807) is 13.3 Å². The first-order chi connectivity index (χ1) is 22.2. The zero-order chi connectivity index (χ0) is 32.1. The molecule has 47 heavy (non-hydrogen) atoms. The van der Waals surface area contributed by atoms with Gasteiger partial charge in [-0.15, -0.1) is 35.7 Å². The maximum atomic E-state index is 6.40. The van der Waals surface area contributed by atoms with Gasteiger partial charge in [-0.2, -0.15) is 17.2 Å². The number of fused-ring (bicyclic) bond motifs is 3. The van der Waals surface area contributed by atoms with Crippen molar-refractivity contribution in [1.29, 1.82) is 0 Å². The molecule has 0 saturated heterocycles. The molecule has 0 aliphatic carbocycles. The first-order valence-electron chi connectivity index (χ1n) is 15.2. The van der Waals surface area contributed by atoms with Crippen molar-refractivity contribution in [3.63, 3.8) is 0 Å². The molecule has 0 amide bonds. The van der Waals surface area contributed by atoms with Crippen LogP contribution in [0.5, 0.6) is 17.2 Å². The second kappa shape index (κ2) is 12.7. The monoisotopic (exact) mass is 711 g/mol. The van der Waals surface area contributed by atoms with Crippen molar-refractivity contribution in [2.24, 2.45) is 0 Å². The fraction of sp³-hybridized carbons (Fsp3) is 0.179. The zero-order valence-corrected chi connectivity index (χ0v) is 29.0. The van der Waals surface area contributed by atoms with Gasteiger partial charge in [0.2, 0.25) is 0 Å². The SMILES string of the molecule is COc1ccnc(-n2c3[c-]c(Oc4[c-]c(-n5nc(C)c(-c6c(C)cc(N(C)C)cc6C)c5C)ccc4)ccc3c3ccccc32)c1.[Pd+2]. The molecule has 7 aromatic rings. The summed E-state index contributed by atoms with van der Waals surface area (Å²) < 4.78 is 15.9. The fourth-order valence-corrected chi connectivity index (χ4v) is 6.39. The Kier molecular flexibility index (Phi) is 8.67. The van der Waals surface area contributed by atoms with Crippen molar-refractivity contribution in [1.82, 2.24) is 19.3 Å². The largest absolute Gasteiger partial charge is 2.00 e. The summed E-state index contributed by atoms with van der Waals surface area (Å²) in [4.78, 5) is 6.79. The summed E-state index contributed by atoms with van der Waals surface area (Å²) >= 11 is 0. The fourth-order valence-electron chi connectivity index (χ4n) is 6.39. The molecule has 4 aromatic carbocycles. The van der Waals surface area contributed by atoms with Crippen molar-refractivity contribution < 1.29 is 29.9 Å². The van der Waals surface area contributed by atoms with Crippen molar-refractivity contribution in [2.45, 2.75) is 27.7 Å². The molecule has 0 atom stereocenters. The molecule has 0 spiro atoms. The normalized spacial score (nSPS) is 11.1. The van der Waals surface area contributed by atoms with E-state index >= 15 is 0 Å². The number of methoxy groups -OCH3 is 1. The summed E-state index contributed by atoms with van der Waals surface area (Å²) in [6.07, 6.45) is 1.75. The minimum atomic E-state index is 0. The van der Waals surface area contributed by atoms with Crippen molar-refractivity contribution >= 4 is 27.5 Å². The van der Waals surface area contributed by atoms with Gasteiger partial charge in [0, 0.05) is 60.3 Å². The Morgan fingerprint density at radius 2 is 1.51 bits per heavy atom. The first-order valence-corrected chi connectivity index (χ1v) is 15.2. The molecule has 0 fully saturated rings. The molecule has 0 unspecified atom stereocenters. The predicted molar refractivity (Wildman–Crippen MR) is 185 cm³/mol. The molecule has 0 bridgehead atoms. The number of pyridine rings is 1. The third kappa shape index (κ3) is 5.69. The first kappa shape index (κ1) is 32.1. The Morgan fingerprint density at radius 3 is 2.26 bits per heavy atom. The Hall–Kier alpha value is -4.90. The number of hydrogen-bond donors (Lipinski definition) is 0. The van der Waals surface area contributed by atoms with E-state index in [1.165, 1.54) is 22.4 Å². The summed E-state index contributed by atoms with van der Waals surface area (Å²) in [7, 11) is 5.80. The van der Waals surface area contributed by atoms with E-state index in [-0.39, 0.29) is 20.4 Å². The topological polar surface area (TPSA) is 57.3 Å². The van der Waals surface area contributed by atoms with Crippen LogP contribution in [0.3, 0.4) is 0 Å². The maximum absolute atomic E-state index is 6.40. The third-order valence-corrected chi connectivity index (χ3v) is 8.51. The van der Waals surface area contributed by atoms with Crippen molar-refractivity contribution in [3.05, 3.63) is 120 Å². The van der Waals surface area contributed by atoms with E-state index in [9.17, 15) is 0 Å². The van der Waals surface area contributed by atoms with Crippen LogP contribution in [0.2, 0.25) is 0 Å². The molecule has 238 valence electrons. The number of aromatic nitrogens is 4. The average Bonchev–Trinajstić information content (AvgIpc) is 3.53. The minimum Gasteiger partial charge on any atom is -0.509 e. The van der Waals surface area contributed by atoms with Crippen LogP contribution in [-0.2, 0) is 20.4 Å². The van der Waals surface area contributed by atoms with Gasteiger partial charge in [0.05, 0.1) is 12.8 Å². The van der Waals surface area contributed by atoms with Crippen molar-refractivity contribution in [2.75, 3.05) is 26.1 Å². The van der Waals surface area contributed by atoms with Gasteiger partial charge >= 0.3 is 20.4 Å². The Balaban J connectivity index is 0.00000386. The van der Waals surface area contributed by atoms with Crippen LogP contribution in [0, 0.1) is 39.8 Å². The summed E-state index contributed by atoms with van der Waals surface area (Å²) in [6, 6.07) is 33.4. The van der Waals surface area contributed by atoms with Gasteiger partial charge in [-0.1, -0.05) is 23.7 Å². The molecule has 3 heterocycles. The molecule has 7 nitrogen and oxygen atoms in total. The van der Waals surface area contributed by atoms with Gasteiger partial charge in [0.1, 0.15) is 11.6 Å². The van der Waals surface area contributed by atoms with Crippen molar-refractivity contribution in [3.8, 4) is 39.9 Å². The van der Waals surface area contributed by atoms with E-state index in [0.717, 1.165) is 56.0 Å². The smallest absolute Gasteiger partial charge is 0.509 e. The van der Waals surface area contributed by atoms with Crippen LogP contribution in [0.15, 0.2) is 85.1 Å². The van der Waals surface area contributed by atoms with Gasteiger partial charge in [0.25, 0.3) is 0 Å². The zero-order valence-electron chi connectivity index (χ0n) is 27.5. The average molecular weight is 712 g/mol. The van der Waals surface area contributed by atoms with Gasteiger partial charge in [-0.05, 0) is 79.7 Å². The van der Waals surface area contributed by atoms with Crippen LogP contribution < -0.4 is 14.4 Å². The number of rotatable bonds is 7. The van der Waals surface area contributed by atoms with E-state index in [2.05, 4.69) is 98.7 Å². The van der Waals surface area contributed by atoms with Crippen LogP contribution in [-0.4, -0.2) is 40.5 Å². The van der Waals surface area contributed by atoms with Crippen LogP contribution in [0.1, 0.15) is 22.5 Å². The molecule has 3 aromatic heterocycles. The predicted octanol–water partition coefficient (Wildman–Crippen LogP) is 8.73. The van der Waals surface area contributed by atoms with E-state index in [4.69, 9.17) is 14.6 Å². The molecule has 8 heteroatoms. The quantitative estimate of drug-likeness (QED) is 0.122. The summed E-state index contributed by atoms with van der Waals surface area (Å²) in [6.45, 7) is 8.52. The third-order valence-electron chi connectivity index (χ3n) is 8.51. The molecule has 0 saturated carbocycles. The standard InChI is InChI=1S/C39H35N5O2.Pd/c1-24-19-29(42(5)6)20-25(2)38(24)39-26(3)41-44(27(39)4)28-11-10-12-31(21-28)46-32-15-16-34-33-13-8-9-14-35(33)43(36(34)22-32)37-23-30(45-7)17-18-40-37;/h8-20,23H,1-7H3;/q-2;+2. The van der Waals surface area contributed by atoms with Gasteiger partial charge < -0.3 is 18.9 Å². The minimum absolute atomic E-state index is 0. The maximum Gasteiger partial charge on any atom is 2.00 e. The number of nitrogens with zero attached hydrogens (tertiary/aromatic N) is 5. The Labute approximate surface area is 289 Å². The Bertz CT molecular complexity index is 2240. The molecule has 0 radical (unpaired) electrons. The van der Waals surface area contributed by atoms with Crippen LogP contribution >= 0.6 is 0 Å². The van der Waals surface area contributed by atoms with E-state index in [0.29, 0.717) is 11.5 Å². The second-order valence-electron chi connectivity index (χ2n) is 11.8. The van der Waals surface area contributed by atoms with E-state index < -0.39 is 0 Å². The molecule has 0 aliphatic heterocycles. The molecular formula is C39H35N5O2Pd. The summed E-state index contributed by atoms with van der Waals surface area (Å²) in [5.41, 5.74) is 10.7. The number of anilines is 1. The molecule has 0 aliphatic rings. The van der Waals surface area contributed by atoms with Gasteiger partial charge in [0.15, 0.2) is 0 Å². The number of hydrogen-bond acceptors (Lipinski definition) is 5. The Morgan fingerprint density at radius 1 is 0.766 bits per heavy atom. The number of aryl methyl sites for hydroxylation is 3. The number of para-hydroxylation sites is 1. The number of benzene rings is 4. The second-order valence-corrected chi connectivity index (χ2v) is 11.8. The summed E-state index contributed by atoms with van der Waals surface area (Å²) in [5, 5.41) is 7.13. The summed E-state index contributed by atoms with van der Waals surface area (Å²) in [5.74, 6) is 2.63. The molecular weight excluding hydrogens is 677 g/mol. The van der Waals surface area contributed by atoms with Crippen LogP contribution in [0.25, 0.3) is 44.4 Å². The van der Waals surface area contributed by atoms with Crippen LogP contribution in [0.4, 0.5) is 5.69 Å².